The summed E-state index contributed by atoms with van der Waals surface area (Å²) in [4.78, 5) is 16.9. The molecule has 0 saturated carbocycles. The zero-order valence-electron chi connectivity index (χ0n) is 23.0. The van der Waals surface area contributed by atoms with E-state index < -0.39 is 6.10 Å². The standard InChI is InChI=1S/C30H35N7O2/c1-21(38)18-36-19-25(17-32-36)23-13-27(29-24(15-31)16-33-37(29)20-23)22-5-7-26(8-6-22)34-9-11-35(12-10-34)28(39)14-30(2,3)4/h5-8,13,16-17,19-21,38H,9-12,14,18H2,1-4H3. The Labute approximate surface area is 228 Å². The van der Waals surface area contributed by atoms with Crippen molar-refractivity contribution >= 4 is 17.1 Å². The van der Waals surface area contributed by atoms with Crippen LogP contribution in [0.15, 0.2) is 55.1 Å². The molecule has 1 saturated heterocycles. The van der Waals surface area contributed by atoms with Gasteiger partial charge in [-0.2, -0.15) is 15.5 Å². The highest BCUT2D eigenvalue weighted by Gasteiger charge is 2.25. The molecule has 3 aromatic heterocycles. The predicted molar refractivity (Wildman–Crippen MR) is 151 cm³/mol. The van der Waals surface area contributed by atoms with E-state index >= 15 is 0 Å². The molecule has 1 aliphatic heterocycles. The van der Waals surface area contributed by atoms with Gasteiger partial charge in [0, 0.05) is 67.4 Å². The molecule has 9 nitrogen and oxygen atoms in total. The SMILES string of the molecule is CC(O)Cn1cc(-c2cc(-c3ccc(N4CCN(C(=O)CC(C)(C)C)CC4)cc3)c3c(C#N)cnn3c2)cn1. The molecular formula is C30H35N7O2. The van der Waals surface area contributed by atoms with E-state index in [-0.39, 0.29) is 11.3 Å². The topological polar surface area (TPSA) is 103 Å². The van der Waals surface area contributed by atoms with Gasteiger partial charge in [-0.05, 0) is 36.1 Å². The maximum absolute atomic E-state index is 12.6. The summed E-state index contributed by atoms with van der Waals surface area (Å²) in [7, 11) is 0. The molecule has 0 radical (unpaired) electrons. The third kappa shape index (κ3) is 5.81. The van der Waals surface area contributed by atoms with Crippen LogP contribution in [0.25, 0.3) is 27.8 Å². The van der Waals surface area contributed by atoms with E-state index in [9.17, 15) is 15.2 Å². The van der Waals surface area contributed by atoms with Crippen molar-refractivity contribution in [3.63, 3.8) is 0 Å². The van der Waals surface area contributed by atoms with Gasteiger partial charge in [0.05, 0.1) is 36.1 Å². The van der Waals surface area contributed by atoms with Gasteiger partial charge >= 0.3 is 0 Å². The number of piperazine rings is 1. The van der Waals surface area contributed by atoms with Crippen LogP contribution in [0, 0.1) is 16.7 Å². The number of aromatic nitrogens is 4. The molecule has 4 heterocycles. The molecule has 1 unspecified atom stereocenters. The summed E-state index contributed by atoms with van der Waals surface area (Å²) < 4.78 is 3.47. The molecule has 5 rings (SSSR count). The fourth-order valence-corrected chi connectivity index (χ4v) is 5.10. The molecule has 1 amide bonds. The summed E-state index contributed by atoms with van der Waals surface area (Å²) in [6.45, 7) is 11.5. The van der Waals surface area contributed by atoms with Gasteiger partial charge in [0.2, 0.25) is 5.91 Å². The van der Waals surface area contributed by atoms with Crippen molar-refractivity contribution in [3.05, 3.63) is 60.7 Å². The fraction of sp³-hybridized carbons (Fsp3) is 0.400. The number of amides is 1. The zero-order chi connectivity index (χ0) is 27.7. The van der Waals surface area contributed by atoms with E-state index in [0.29, 0.717) is 18.5 Å². The normalized spacial score (nSPS) is 15.0. The van der Waals surface area contributed by atoms with Crippen molar-refractivity contribution in [2.24, 2.45) is 5.41 Å². The lowest BCUT2D eigenvalue weighted by molar-refractivity contribution is -0.133. The first-order valence-corrected chi connectivity index (χ1v) is 13.4. The highest BCUT2D eigenvalue weighted by Crippen LogP contribution is 2.33. The van der Waals surface area contributed by atoms with Crippen molar-refractivity contribution in [2.75, 3.05) is 31.1 Å². The summed E-state index contributed by atoms with van der Waals surface area (Å²) in [5.74, 6) is 0.229. The van der Waals surface area contributed by atoms with Gasteiger partial charge in [-0.15, -0.1) is 0 Å². The quantitative estimate of drug-likeness (QED) is 0.405. The summed E-state index contributed by atoms with van der Waals surface area (Å²) >= 11 is 0. The Morgan fingerprint density at radius 1 is 1.03 bits per heavy atom. The average Bonchev–Trinajstić information content (AvgIpc) is 3.54. The molecule has 1 aromatic carbocycles. The van der Waals surface area contributed by atoms with Crippen LogP contribution in [0.3, 0.4) is 0 Å². The van der Waals surface area contributed by atoms with E-state index in [1.807, 2.05) is 17.3 Å². The number of benzene rings is 1. The molecule has 202 valence electrons. The van der Waals surface area contributed by atoms with Crippen LogP contribution in [0.1, 0.15) is 39.7 Å². The second kappa shape index (κ2) is 10.5. The number of fused-ring (bicyclic) bond motifs is 1. The first-order chi connectivity index (χ1) is 18.6. The van der Waals surface area contributed by atoms with Crippen LogP contribution >= 0.6 is 0 Å². The Morgan fingerprint density at radius 3 is 2.38 bits per heavy atom. The first kappa shape index (κ1) is 26.4. The lowest BCUT2D eigenvalue weighted by Crippen LogP contribution is -2.49. The van der Waals surface area contributed by atoms with Gasteiger partial charge in [0.1, 0.15) is 6.07 Å². The predicted octanol–water partition coefficient (Wildman–Crippen LogP) is 4.20. The molecule has 0 bridgehead atoms. The van der Waals surface area contributed by atoms with Gasteiger partial charge in [-0.1, -0.05) is 32.9 Å². The number of anilines is 1. The number of aliphatic hydroxyl groups excluding tert-OH is 1. The van der Waals surface area contributed by atoms with Gasteiger partial charge < -0.3 is 14.9 Å². The van der Waals surface area contributed by atoms with E-state index in [4.69, 9.17) is 0 Å². The number of aliphatic hydroxyl groups is 1. The number of hydrogen-bond donors (Lipinski definition) is 1. The van der Waals surface area contributed by atoms with Crippen molar-refractivity contribution in [2.45, 2.75) is 46.8 Å². The van der Waals surface area contributed by atoms with E-state index in [0.717, 1.165) is 59.6 Å². The summed E-state index contributed by atoms with van der Waals surface area (Å²) in [5, 5.41) is 28.3. The van der Waals surface area contributed by atoms with Crippen LogP contribution in [0.2, 0.25) is 0 Å². The van der Waals surface area contributed by atoms with Gasteiger partial charge in [0.25, 0.3) is 0 Å². The van der Waals surface area contributed by atoms with Crippen molar-refractivity contribution < 1.29 is 9.90 Å². The van der Waals surface area contributed by atoms with Crippen molar-refractivity contribution in [3.8, 4) is 28.3 Å². The van der Waals surface area contributed by atoms with Gasteiger partial charge in [-0.25, -0.2) is 4.52 Å². The third-order valence-electron chi connectivity index (χ3n) is 7.01. The Bertz CT molecular complexity index is 1510. The minimum absolute atomic E-state index is 0.00776. The largest absolute Gasteiger partial charge is 0.391 e. The number of rotatable bonds is 6. The number of nitrogens with zero attached hydrogens (tertiary/aromatic N) is 7. The Hall–Kier alpha value is -4.16. The molecular weight excluding hydrogens is 490 g/mol. The molecule has 0 spiro atoms. The molecule has 1 N–H and O–H groups in total. The number of carbonyl (C=O) groups excluding carboxylic acids is 1. The summed E-state index contributed by atoms with van der Waals surface area (Å²) in [6.07, 6.45) is 7.24. The smallest absolute Gasteiger partial charge is 0.223 e. The number of carbonyl (C=O) groups is 1. The summed E-state index contributed by atoms with van der Waals surface area (Å²) in [6, 6.07) is 12.7. The molecule has 9 heteroatoms. The highest BCUT2D eigenvalue weighted by molar-refractivity contribution is 5.88. The van der Waals surface area contributed by atoms with Crippen LogP contribution < -0.4 is 4.90 Å². The van der Waals surface area contributed by atoms with Crippen LogP contribution in [-0.4, -0.2) is 67.6 Å². The lowest BCUT2D eigenvalue weighted by Gasteiger charge is -2.37. The molecule has 1 aliphatic rings. The first-order valence-electron chi connectivity index (χ1n) is 13.4. The van der Waals surface area contributed by atoms with Crippen LogP contribution in [0.4, 0.5) is 5.69 Å². The Kier molecular flexibility index (Phi) is 7.15. The minimum atomic E-state index is -0.495. The monoisotopic (exact) mass is 525 g/mol. The fourth-order valence-electron chi connectivity index (χ4n) is 5.10. The summed E-state index contributed by atoms with van der Waals surface area (Å²) in [5.41, 5.74) is 6.10. The van der Waals surface area contributed by atoms with E-state index in [1.54, 1.807) is 28.5 Å². The van der Waals surface area contributed by atoms with Crippen molar-refractivity contribution in [1.82, 2.24) is 24.3 Å². The Balaban J connectivity index is 1.39. The van der Waals surface area contributed by atoms with Crippen molar-refractivity contribution in [1.29, 1.82) is 5.26 Å². The zero-order valence-corrected chi connectivity index (χ0v) is 23.0. The molecule has 39 heavy (non-hydrogen) atoms. The molecule has 1 fully saturated rings. The third-order valence-corrected chi connectivity index (χ3v) is 7.01. The van der Waals surface area contributed by atoms with Crippen LogP contribution in [-0.2, 0) is 11.3 Å². The number of hydrogen-bond acceptors (Lipinski definition) is 6. The number of nitriles is 1. The van der Waals surface area contributed by atoms with Gasteiger partial charge in [0.15, 0.2) is 0 Å². The molecule has 4 aromatic rings. The maximum atomic E-state index is 12.6. The lowest BCUT2D eigenvalue weighted by atomic mass is 9.91. The highest BCUT2D eigenvalue weighted by atomic mass is 16.3. The molecule has 0 aliphatic carbocycles. The Morgan fingerprint density at radius 2 is 1.74 bits per heavy atom. The van der Waals surface area contributed by atoms with E-state index in [1.165, 1.54) is 0 Å². The number of pyridine rings is 1. The average molecular weight is 526 g/mol. The second-order valence-corrected chi connectivity index (χ2v) is 11.6. The maximum Gasteiger partial charge on any atom is 0.223 e. The molecule has 1 atom stereocenters. The van der Waals surface area contributed by atoms with Crippen LogP contribution in [0.5, 0.6) is 0 Å². The van der Waals surface area contributed by atoms with E-state index in [2.05, 4.69) is 72.3 Å². The second-order valence-electron chi connectivity index (χ2n) is 11.6. The van der Waals surface area contributed by atoms with Gasteiger partial charge in [-0.3, -0.25) is 9.48 Å². The minimum Gasteiger partial charge on any atom is -0.391 e.